The third-order valence-corrected chi connectivity index (χ3v) is 3.95. The van der Waals surface area contributed by atoms with Crippen molar-refractivity contribution >= 4 is 18.2 Å². The predicted octanol–water partition coefficient (Wildman–Crippen LogP) is 3.49. The van der Waals surface area contributed by atoms with E-state index in [1.807, 2.05) is 0 Å². The molecule has 1 heterocycles. The number of nitrogens with zero attached hydrogens (tertiary/aromatic N) is 3. The fourth-order valence-electron chi connectivity index (χ4n) is 2.57. The van der Waals surface area contributed by atoms with Crippen molar-refractivity contribution in [3.8, 4) is 0 Å². The molecule has 0 saturated carbocycles. The van der Waals surface area contributed by atoms with Gasteiger partial charge in [0.1, 0.15) is 23.1 Å². The van der Waals surface area contributed by atoms with Gasteiger partial charge in [-0.1, -0.05) is 11.2 Å². The highest BCUT2D eigenvalue weighted by Crippen LogP contribution is 2.20. The van der Waals surface area contributed by atoms with Gasteiger partial charge in [-0.25, -0.2) is 23.6 Å². The number of esters is 1. The zero-order valence-corrected chi connectivity index (χ0v) is 20.3. The van der Waals surface area contributed by atoms with Crippen LogP contribution in [0.5, 0.6) is 0 Å². The first kappa shape index (κ1) is 27.9. The first-order valence-electron chi connectivity index (χ1n) is 10.3. The van der Waals surface area contributed by atoms with E-state index >= 15 is 0 Å². The van der Waals surface area contributed by atoms with Gasteiger partial charge in [0.15, 0.2) is 5.82 Å². The van der Waals surface area contributed by atoms with Crippen LogP contribution in [0, 0.1) is 6.92 Å². The minimum absolute atomic E-state index is 0.0766. The van der Waals surface area contributed by atoms with Crippen LogP contribution in [0.1, 0.15) is 60.2 Å². The third-order valence-electron chi connectivity index (χ3n) is 3.95. The van der Waals surface area contributed by atoms with Crippen LogP contribution in [0.4, 0.5) is 14.0 Å². The van der Waals surface area contributed by atoms with Crippen molar-refractivity contribution in [1.82, 2.24) is 14.6 Å². The van der Waals surface area contributed by atoms with Crippen LogP contribution in [0.25, 0.3) is 0 Å². The standard InChI is InChI=1S/C21H32FN3O8/c1-13-23-33-17(27)24(13)12-14(22)10-9-11-15(16(26)30-8)25(18(28)31-20(2,3)4)19(29)32-21(5,6)7/h10,15H,9,11-12H2,1-8H3/b14-10-/t15-/m0/s1. The van der Waals surface area contributed by atoms with Gasteiger partial charge in [0.05, 0.1) is 13.7 Å². The van der Waals surface area contributed by atoms with E-state index in [0.717, 1.165) is 17.8 Å². The molecule has 0 radical (unpaired) electrons. The summed E-state index contributed by atoms with van der Waals surface area (Å²) in [6.07, 6.45) is -1.36. The van der Waals surface area contributed by atoms with Crippen molar-refractivity contribution in [2.24, 2.45) is 0 Å². The smallest absolute Gasteiger partial charge is 0.441 e. The van der Waals surface area contributed by atoms with Gasteiger partial charge in [0.2, 0.25) is 0 Å². The normalized spacial score (nSPS) is 13.3. The van der Waals surface area contributed by atoms with Crippen LogP contribution < -0.4 is 5.76 Å². The van der Waals surface area contributed by atoms with Gasteiger partial charge in [0, 0.05) is 0 Å². The molecule has 1 rings (SSSR count). The zero-order valence-electron chi connectivity index (χ0n) is 20.3. The lowest BCUT2D eigenvalue weighted by Gasteiger charge is -2.32. The van der Waals surface area contributed by atoms with E-state index in [2.05, 4.69) is 9.68 Å². The molecule has 0 bridgehead atoms. The maximum atomic E-state index is 14.3. The highest BCUT2D eigenvalue weighted by atomic mass is 19.1. The van der Waals surface area contributed by atoms with Crippen molar-refractivity contribution in [3.05, 3.63) is 28.3 Å². The number of amides is 2. The Balaban J connectivity index is 3.13. The van der Waals surface area contributed by atoms with Gasteiger partial charge < -0.3 is 14.2 Å². The van der Waals surface area contributed by atoms with E-state index in [1.54, 1.807) is 41.5 Å². The number of hydrogen-bond acceptors (Lipinski definition) is 9. The zero-order chi connectivity index (χ0) is 25.6. The van der Waals surface area contributed by atoms with Gasteiger partial charge in [-0.3, -0.25) is 9.09 Å². The second-order valence-corrected chi connectivity index (χ2v) is 9.18. The lowest BCUT2D eigenvalue weighted by atomic mass is 10.1. The van der Waals surface area contributed by atoms with E-state index < -0.39 is 53.5 Å². The van der Waals surface area contributed by atoms with Gasteiger partial charge >= 0.3 is 23.9 Å². The molecule has 0 saturated heterocycles. The van der Waals surface area contributed by atoms with Crippen molar-refractivity contribution in [1.29, 1.82) is 0 Å². The summed E-state index contributed by atoms with van der Waals surface area (Å²) in [5, 5.41) is 3.44. The molecule has 0 spiro atoms. The summed E-state index contributed by atoms with van der Waals surface area (Å²) in [5.74, 6) is -2.23. The SMILES string of the molecule is COC(=O)[C@H](CC/C=C(\F)Cn1c(C)noc1=O)N(C(=O)OC(C)(C)C)C(=O)OC(C)(C)C. The highest BCUT2D eigenvalue weighted by molar-refractivity contribution is 5.94. The molecule has 11 nitrogen and oxygen atoms in total. The number of rotatable bonds is 7. The fourth-order valence-corrected chi connectivity index (χ4v) is 2.57. The summed E-state index contributed by atoms with van der Waals surface area (Å²) < 4.78 is 35.1. The minimum Gasteiger partial charge on any atom is -0.467 e. The van der Waals surface area contributed by atoms with Gasteiger partial charge in [-0.15, -0.1) is 0 Å². The summed E-state index contributed by atoms with van der Waals surface area (Å²) in [5.41, 5.74) is -1.93. The van der Waals surface area contributed by atoms with Gasteiger partial charge in [-0.05, 0) is 61.3 Å². The molecule has 0 N–H and O–H groups in total. The van der Waals surface area contributed by atoms with Crippen LogP contribution in [0.15, 0.2) is 21.2 Å². The Hall–Kier alpha value is -3.18. The summed E-state index contributed by atoms with van der Waals surface area (Å²) >= 11 is 0. The molecule has 186 valence electrons. The monoisotopic (exact) mass is 473 g/mol. The van der Waals surface area contributed by atoms with Crippen molar-refractivity contribution < 1.29 is 37.5 Å². The predicted molar refractivity (Wildman–Crippen MR) is 114 cm³/mol. The molecule has 1 aromatic rings. The second kappa shape index (κ2) is 11.1. The number of carbonyl (C=O) groups is 3. The third kappa shape index (κ3) is 9.07. The van der Waals surface area contributed by atoms with E-state index in [1.165, 1.54) is 6.92 Å². The maximum Gasteiger partial charge on any atom is 0.441 e. The number of hydrogen-bond donors (Lipinski definition) is 0. The number of aromatic nitrogens is 2. The number of methoxy groups -OCH3 is 1. The van der Waals surface area contributed by atoms with Crippen molar-refractivity contribution in [2.45, 2.75) is 85.1 Å². The number of carbonyl (C=O) groups excluding carboxylic acids is 3. The second-order valence-electron chi connectivity index (χ2n) is 9.18. The Labute approximate surface area is 191 Å². The number of imide groups is 1. The molecular weight excluding hydrogens is 441 g/mol. The van der Waals surface area contributed by atoms with Crippen molar-refractivity contribution in [2.75, 3.05) is 7.11 Å². The van der Waals surface area contributed by atoms with Crippen LogP contribution in [-0.4, -0.2) is 57.1 Å². The van der Waals surface area contributed by atoms with E-state index in [9.17, 15) is 23.6 Å². The lowest BCUT2D eigenvalue weighted by molar-refractivity contribution is -0.146. The first-order chi connectivity index (χ1) is 15.1. The molecule has 0 unspecified atom stereocenters. The van der Waals surface area contributed by atoms with Crippen LogP contribution in [0.3, 0.4) is 0 Å². The average Bonchev–Trinajstić information content (AvgIpc) is 2.95. The quantitative estimate of drug-likeness (QED) is 0.431. The molecule has 0 fully saturated rings. The molecule has 2 amide bonds. The number of ether oxygens (including phenoxy) is 3. The Morgan fingerprint density at radius 2 is 1.64 bits per heavy atom. The Bertz CT molecular complexity index is 909. The molecule has 12 heteroatoms. The summed E-state index contributed by atoms with van der Waals surface area (Å²) in [4.78, 5) is 50.1. The summed E-state index contributed by atoms with van der Waals surface area (Å²) in [7, 11) is 1.09. The summed E-state index contributed by atoms with van der Waals surface area (Å²) in [6.45, 7) is 10.6. The van der Waals surface area contributed by atoms with Crippen LogP contribution in [0.2, 0.25) is 0 Å². The largest absolute Gasteiger partial charge is 0.467 e. The van der Waals surface area contributed by atoms with Crippen LogP contribution in [-0.2, 0) is 25.5 Å². The lowest BCUT2D eigenvalue weighted by Crippen LogP contribution is -2.52. The Morgan fingerprint density at radius 1 is 1.12 bits per heavy atom. The molecular formula is C21H32FN3O8. The minimum atomic E-state index is -1.44. The van der Waals surface area contributed by atoms with E-state index in [0.29, 0.717) is 4.90 Å². The maximum absolute atomic E-state index is 14.3. The van der Waals surface area contributed by atoms with E-state index in [4.69, 9.17) is 14.2 Å². The van der Waals surface area contributed by atoms with Gasteiger partial charge in [0.25, 0.3) is 0 Å². The molecule has 1 aromatic heterocycles. The molecule has 33 heavy (non-hydrogen) atoms. The fraction of sp³-hybridized carbons (Fsp3) is 0.667. The van der Waals surface area contributed by atoms with Gasteiger partial charge in [-0.2, -0.15) is 4.90 Å². The summed E-state index contributed by atoms with van der Waals surface area (Å²) in [6, 6.07) is -1.44. The molecule has 0 aliphatic rings. The number of halogens is 1. The molecule has 0 aliphatic carbocycles. The number of aryl methyl sites for hydroxylation is 1. The number of allylic oxidation sites excluding steroid dienone is 2. The first-order valence-corrected chi connectivity index (χ1v) is 10.3. The van der Waals surface area contributed by atoms with Crippen LogP contribution >= 0.6 is 0 Å². The molecule has 1 atom stereocenters. The average molecular weight is 473 g/mol. The van der Waals surface area contributed by atoms with E-state index in [-0.39, 0.29) is 18.7 Å². The highest BCUT2D eigenvalue weighted by Gasteiger charge is 2.40. The Kier molecular flexibility index (Phi) is 9.37. The Morgan fingerprint density at radius 3 is 2.03 bits per heavy atom. The topological polar surface area (TPSA) is 130 Å². The van der Waals surface area contributed by atoms with Crippen molar-refractivity contribution in [3.63, 3.8) is 0 Å². The molecule has 0 aliphatic heterocycles. The molecule has 0 aromatic carbocycles.